The third-order valence-electron chi connectivity index (χ3n) is 1.38. The zero-order valence-electron chi connectivity index (χ0n) is 9.07. The molecule has 0 aromatic rings. The summed E-state index contributed by atoms with van der Waals surface area (Å²) in [5.41, 5.74) is 0. The molecule has 0 heterocycles. The highest BCUT2D eigenvalue weighted by molar-refractivity contribution is 8.23. The molecule has 15 heavy (non-hydrogen) atoms. The SMILES string of the molecule is CCOP(=O)(OCC)C(F)C(=S)SCC. The lowest BCUT2D eigenvalue weighted by atomic mass is 10.9. The Labute approximate surface area is 99.6 Å². The van der Waals surface area contributed by atoms with Gasteiger partial charge in [0.25, 0.3) is 0 Å². The average Bonchev–Trinajstić information content (AvgIpc) is 2.17. The Bertz CT molecular complexity index is 240. The van der Waals surface area contributed by atoms with Crippen molar-refractivity contribution in [2.75, 3.05) is 19.0 Å². The molecule has 7 heteroatoms. The van der Waals surface area contributed by atoms with Crippen LogP contribution < -0.4 is 0 Å². The molecular formula is C8H16FO3PS2. The Hall–Kier alpha value is 0.520. The van der Waals surface area contributed by atoms with Crippen molar-refractivity contribution < 1.29 is 18.0 Å². The van der Waals surface area contributed by atoms with Crippen LogP contribution in [0.2, 0.25) is 0 Å². The summed E-state index contributed by atoms with van der Waals surface area (Å²) in [6, 6.07) is 0. The predicted octanol–water partition coefficient (Wildman–Crippen LogP) is 3.63. The minimum absolute atomic E-state index is 0.0303. The number of thiocarbonyl (C=S) groups is 1. The number of thioether (sulfide) groups is 1. The van der Waals surface area contributed by atoms with E-state index in [9.17, 15) is 8.96 Å². The molecule has 0 saturated heterocycles. The minimum atomic E-state index is -3.72. The summed E-state index contributed by atoms with van der Waals surface area (Å²) >= 11 is 5.95. The average molecular weight is 274 g/mol. The van der Waals surface area contributed by atoms with Crippen LogP contribution in [0.4, 0.5) is 4.39 Å². The molecule has 0 rings (SSSR count). The first-order valence-corrected chi connectivity index (χ1v) is 7.71. The van der Waals surface area contributed by atoms with Crippen molar-refractivity contribution >= 4 is 35.8 Å². The normalized spacial score (nSPS) is 13.9. The molecule has 1 atom stereocenters. The van der Waals surface area contributed by atoms with Gasteiger partial charge in [0, 0.05) is 0 Å². The molecule has 0 N–H and O–H groups in total. The standard InChI is InChI=1S/C8H16FO3PS2/c1-4-11-13(10,12-5-2)7(9)8(14)15-6-3/h7H,4-6H2,1-3H3. The zero-order valence-corrected chi connectivity index (χ0v) is 11.6. The second kappa shape index (κ2) is 7.74. The number of alkyl halides is 1. The maximum absolute atomic E-state index is 13.7. The summed E-state index contributed by atoms with van der Waals surface area (Å²) in [6.07, 6.45) is 0. The molecule has 0 aromatic carbocycles. The van der Waals surface area contributed by atoms with Gasteiger partial charge in [-0.15, -0.1) is 11.8 Å². The highest BCUT2D eigenvalue weighted by Gasteiger charge is 2.38. The van der Waals surface area contributed by atoms with Gasteiger partial charge in [0.2, 0.25) is 5.91 Å². The van der Waals surface area contributed by atoms with Crippen molar-refractivity contribution in [3.8, 4) is 0 Å². The van der Waals surface area contributed by atoms with Crippen LogP contribution in [0.1, 0.15) is 20.8 Å². The Morgan fingerprint density at radius 1 is 1.40 bits per heavy atom. The molecule has 0 aliphatic carbocycles. The van der Waals surface area contributed by atoms with Gasteiger partial charge in [-0.3, -0.25) is 4.57 Å². The molecule has 0 aliphatic heterocycles. The highest BCUT2D eigenvalue weighted by atomic mass is 32.2. The molecule has 90 valence electrons. The monoisotopic (exact) mass is 274 g/mol. The molecule has 0 aromatic heterocycles. The fourth-order valence-corrected chi connectivity index (χ4v) is 3.96. The van der Waals surface area contributed by atoms with E-state index in [2.05, 4.69) is 0 Å². The first-order valence-electron chi connectivity index (χ1n) is 4.71. The minimum Gasteiger partial charge on any atom is -0.307 e. The van der Waals surface area contributed by atoms with Crippen LogP contribution in [0.5, 0.6) is 0 Å². The fraction of sp³-hybridized carbons (Fsp3) is 0.875. The van der Waals surface area contributed by atoms with E-state index in [0.29, 0.717) is 5.75 Å². The predicted molar refractivity (Wildman–Crippen MR) is 66.5 cm³/mol. The maximum atomic E-state index is 13.7. The second-order valence-electron chi connectivity index (χ2n) is 2.46. The van der Waals surface area contributed by atoms with Crippen molar-refractivity contribution in [2.24, 2.45) is 0 Å². The Morgan fingerprint density at radius 3 is 2.20 bits per heavy atom. The van der Waals surface area contributed by atoms with E-state index >= 15 is 0 Å². The largest absolute Gasteiger partial charge is 0.370 e. The molecule has 0 spiro atoms. The number of hydrogen-bond acceptors (Lipinski definition) is 5. The molecule has 0 radical (unpaired) electrons. The van der Waals surface area contributed by atoms with Crippen LogP contribution in [0.3, 0.4) is 0 Å². The summed E-state index contributed by atoms with van der Waals surface area (Å²) in [7, 11) is -3.72. The molecule has 3 nitrogen and oxygen atoms in total. The molecular weight excluding hydrogens is 258 g/mol. The Kier molecular flexibility index (Phi) is 8.01. The van der Waals surface area contributed by atoms with Gasteiger partial charge in [-0.25, -0.2) is 4.39 Å². The van der Waals surface area contributed by atoms with E-state index in [1.807, 2.05) is 6.92 Å². The van der Waals surface area contributed by atoms with Crippen LogP contribution in [-0.2, 0) is 13.6 Å². The molecule has 1 unspecified atom stereocenters. The van der Waals surface area contributed by atoms with Crippen molar-refractivity contribution in [1.82, 2.24) is 0 Å². The summed E-state index contributed by atoms with van der Waals surface area (Å²) < 4.78 is 35.4. The van der Waals surface area contributed by atoms with Gasteiger partial charge in [-0.2, -0.15) is 0 Å². The first-order chi connectivity index (χ1) is 7.01. The van der Waals surface area contributed by atoms with Gasteiger partial charge in [0.1, 0.15) is 0 Å². The van der Waals surface area contributed by atoms with E-state index < -0.39 is 13.5 Å². The van der Waals surface area contributed by atoms with Crippen LogP contribution in [0.25, 0.3) is 0 Å². The number of halogens is 1. The maximum Gasteiger partial charge on any atom is 0.370 e. The molecule has 0 aliphatic rings. The lowest BCUT2D eigenvalue weighted by Crippen LogP contribution is -2.15. The molecule has 0 bridgehead atoms. The lowest BCUT2D eigenvalue weighted by molar-refractivity contribution is 0.203. The first kappa shape index (κ1) is 15.5. The Balaban J connectivity index is 4.60. The fourth-order valence-electron chi connectivity index (χ4n) is 0.868. The van der Waals surface area contributed by atoms with Crippen molar-refractivity contribution in [3.63, 3.8) is 0 Å². The summed E-state index contributed by atoms with van der Waals surface area (Å²) in [4.78, 5) is 0. The van der Waals surface area contributed by atoms with Gasteiger partial charge in [0.15, 0.2) is 0 Å². The third-order valence-corrected chi connectivity index (χ3v) is 5.12. The van der Waals surface area contributed by atoms with Crippen LogP contribution >= 0.6 is 31.6 Å². The van der Waals surface area contributed by atoms with E-state index in [-0.39, 0.29) is 17.4 Å². The smallest absolute Gasteiger partial charge is 0.307 e. The van der Waals surface area contributed by atoms with Gasteiger partial charge in [-0.1, -0.05) is 19.1 Å². The van der Waals surface area contributed by atoms with Crippen molar-refractivity contribution in [3.05, 3.63) is 0 Å². The van der Waals surface area contributed by atoms with E-state index in [0.717, 1.165) is 11.8 Å². The topological polar surface area (TPSA) is 35.5 Å². The van der Waals surface area contributed by atoms with Crippen molar-refractivity contribution in [2.45, 2.75) is 26.7 Å². The summed E-state index contributed by atoms with van der Waals surface area (Å²) in [5, 5.41) is 0. The zero-order chi connectivity index (χ0) is 11.9. The summed E-state index contributed by atoms with van der Waals surface area (Å²) in [5.74, 6) is -1.19. The lowest BCUT2D eigenvalue weighted by Gasteiger charge is -2.20. The molecule has 0 saturated carbocycles. The second-order valence-corrected chi connectivity index (χ2v) is 6.52. The third kappa shape index (κ3) is 4.91. The summed E-state index contributed by atoms with van der Waals surface area (Å²) in [6.45, 7) is 5.38. The van der Waals surface area contributed by atoms with E-state index in [1.54, 1.807) is 13.8 Å². The quantitative estimate of drug-likeness (QED) is 0.523. The number of hydrogen-bond donors (Lipinski definition) is 0. The molecule has 0 amide bonds. The van der Waals surface area contributed by atoms with Gasteiger partial charge in [0.05, 0.1) is 17.4 Å². The van der Waals surface area contributed by atoms with Crippen LogP contribution in [0.15, 0.2) is 0 Å². The van der Waals surface area contributed by atoms with Gasteiger partial charge < -0.3 is 9.05 Å². The van der Waals surface area contributed by atoms with Crippen LogP contribution in [0, 0.1) is 0 Å². The highest BCUT2D eigenvalue weighted by Crippen LogP contribution is 2.55. The number of rotatable bonds is 7. The van der Waals surface area contributed by atoms with Gasteiger partial charge >= 0.3 is 7.60 Å². The van der Waals surface area contributed by atoms with Gasteiger partial charge in [-0.05, 0) is 19.6 Å². The van der Waals surface area contributed by atoms with Crippen molar-refractivity contribution in [1.29, 1.82) is 0 Å². The molecule has 0 fully saturated rings. The van der Waals surface area contributed by atoms with E-state index in [4.69, 9.17) is 21.3 Å². The van der Waals surface area contributed by atoms with Crippen LogP contribution in [-0.4, -0.2) is 29.1 Å². The van der Waals surface area contributed by atoms with E-state index in [1.165, 1.54) is 0 Å². The Morgan fingerprint density at radius 2 is 1.87 bits per heavy atom.